The summed E-state index contributed by atoms with van der Waals surface area (Å²) in [6.07, 6.45) is 0. The van der Waals surface area contributed by atoms with Gasteiger partial charge in [0.25, 0.3) is 0 Å². The van der Waals surface area contributed by atoms with Crippen LogP contribution in [-0.4, -0.2) is 16.3 Å². The predicted octanol–water partition coefficient (Wildman–Crippen LogP) is 4.73. The first-order chi connectivity index (χ1) is 13.2. The summed E-state index contributed by atoms with van der Waals surface area (Å²) in [5.41, 5.74) is 1.99. The van der Waals surface area contributed by atoms with Gasteiger partial charge in [-0.2, -0.15) is 0 Å². The van der Waals surface area contributed by atoms with Crippen LogP contribution in [-0.2, 0) is 13.2 Å². The maximum Gasteiger partial charge on any atom is 0.204 e. The first kappa shape index (κ1) is 18.6. The Kier molecular flexibility index (Phi) is 6.18. The maximum absolute atomic E-state index is 11.9. The summed E-state index contributed by atoms with van der Waals surface area (Å²) in [5, 5.41) is 11.5. The smallest absolute Gasteiger partial charge is 0.204 e. The van der Waals surface area contributed by atoms with Crippen molar-refractivity contribution in [3.05, 3.63) is 89.5 Å². The van der Waals surface area contributed by atoms with Gasteiger partial charge in [-0.05, 0) is 23.3 Å². The van der Waals surface area contributed by atoms with Crippen LogP contribution in [0.2, 0.25) is 0 Å². The highest BCUT2D eigenvalue weighted by atomic mass is 32.1. The molecule has 1 N–H and O–H groups in total. The lowest BCUT2D eigenvalue weighted by Gasteiger charge is -2.16. The molecule has 0 radical (unpaired) electrons. The number of benzene rings is 3. The molecular formula is C22H18O4S. The summed E-state index contributed by atoms with van der Waals surface area (Å²) >= 11 is 4.69. The van der Waals surface area contributed by atoms with Gasteiger partial charge in [-0.1, -0.05) is 72.9 Å². The monoisotopic (exact) mass is 378 g/mol. The third-order valence-corrected chi connectivity index (χ3v) is 4.15. The van der Waals surface area contributed by atoms with E-state index in [2.05, 4.69) is 0 Å². The number of Topliss-reactive ketones (excluding diaryl/α,β-unsaturated/α-hetero) is 1. The molecule has 0 fully saturated rings. The molecule has 3 aromatic rings. The van der Waals surface area contributed by atoms with Crippen molar-refractivity contribution < 1.29 is 19.4 Å². The second-order valence-corrected chi connectivity index (χ2v) is 6.06. The predicted molar refractivity (Wildman–Crippen MR) is 108 cm³/mol. The van der Waals surface area contributed by atoms with Gasteiger partial charge >= 0.3 is 0 Å². The molecule has 0 aromatic heterocycles. The number of hydrogen-bond acceptors (Lipinski definition) is 5. The van der Waals surface area contributed by atoms with E-state index in [0.29, 0.717) is 12.4 Å². The number of aromatic hydroxyl groups is 1. The normalized spacial score (nSPS) is 10.2. The van der Waals surface area contributed by atoms with Crippen LogP contribution in [0.4, 0.5) is 0 Å². The molecule has 0 saturated heterocycles. The minimum absolute atomic E-state index is 0.0834. The van der Waals surface area contributed by atoms with Crippen molar-refractivity contribution in [1.29, 1.82) is 0 Å². The van der Waals surface area contributed by atoms with Crippen molar-refractivity contribution >= 4 is 23.4 Å². The van der Waals surface area contributed by atoms with Gasteiger partial charge in [0, 0.05) is 5.37 Å². The van der Waals surface area contributed by atoms with Crippen LogP contribution in [0, 0.1) is 0 Å². The molecule has 0 unspecified atom stereocenters. The molecule has 0 amide bonds. The van der Waals surface area contributed by atoms with E-state index in [0.717, 1.165) is 16.5 Å². The Morgan fingerprint density at radius 2 is 1.41 bits per heavy atom. The van der Waals surface area contributed by atoms with Gasteiger partial charge in [0.05, 0.1) is 5.56 Å². The van der Waals surface area contributed by atoms with Crippen molar-refractivity contribution in [1.82, 2.24) is 0 Å². The molecule has 0 aliphatic rings. The third kappa shape index (κ3) is 4.71. The SMILES string of the molecule is O=C(C=S)c1ccc(OCc2ccccc2)c(OCc2ccccc2)c1O. The zero-order valence-corrected chi connectivity index (χ0v) is 15.3. The third-order valence-electron chi connectivity index (χ3n) is 3.93. The second kappa shape index (κ2) is 8.96. The number of carbonyl (C=O) groups is 1. The number of hydrogen-bond donors (Lipinski definition) is 1. The molecule has 4 nitrogen and oxygen atoms in total. The maximum atomic E-state index is 11.9. The van der Waals surface area contributed by atoms with Crippen molar-refractivity contribution in [2.24, 2.45) is 0 Å². The van der Waals surface area contributed by atoms with Gasteiger partial charge in [0.15, 0.2) is 17.3 Å². The van der Waals surface area contributed by atoms with Crippen molar-refractivity contribution in [2.45, 2.75) is 13.2 Å². The summed E-state index contributed by atoms with van der Waals surface area (Å²) in [4.78, 5) is 11.9. The fourth-order valence-corrected chi connectivity index (χ4v) is 2.66. The minimum Gasteiger partial charge on any atom is -0.504 e. The lowest BCUT2D eigenvalue weighted by Crippen LogP contribution is -2.05. The molecule has 0 spiro atoms. The molecule has 3 rings (SSSR count). The van der Waals surface area contributed by atoms with Crippen molar-refractivity contribution in [3.63, 3.8) is 0 Å². The van der Waals surface area contributed by atoms with E-state index < -0.39 is 5.78 Å². The average Bonchev–Trinajstić information content (AvgIpc) is 2.72. The zero-order valence-electron chi connectivity index (χ0n) is 14.5. The molecule has 3 aromatic carbocycles. The molecule has 5 heteroatoms. The first-order valence-electron chi connectivity index (χ1n) is 8.38. The summed E-state index contributed by atoms with van der Waals surface area (Å²) in [7, 11) is 0. The highest BCUT2D eigenvalue weighted by Crippen LogP contribution is 2.40. The van der Waals surface area contributed by atoms with E-state index in [1.807, 2.05) is 60.7 Å². The molecule has 0 heterocycles. The Labute approximate surface area is 163 Å². The van der Waals surface area contributed by atoms with Gasteiger partial charge in [0.2, 0.25) is 5.75 Å². The fraction of sp³-hybridized carbons (Fsp3) is 0.0909. The molecule has 0 bridgehead atoms. The lowest BCUT2D eigenvalue weighted by molar-refractivity contribution is 0.106. The number of rotatable bonds is 8. The molecule has 0 aliphatic heterocycles. The van der Waals surface area contributed by atoms with Crippen molar-refractivity contribution in [3.8, 4) is 17.2 Å². The first-order valence-corrected chi connectivity index (χ1v) is 8.85. The van der Waals surface area contributed by atoms with Gasteiger partial charge in [-0.3, -0.25) is 4.79 Å². The van der Waals surface area contributed by atoms with Crippen LogP contribution < -0.4 is 9.47 Å². The van der Waals surface area contributed by atoms with Gasteiger partial charge < -0.3 is 14.6 Å². The summed E-state index contributed by atoms with van der Waals surface area (Å²) in [5.74, 6) is -0.255. The van der Waals surface area contributed by atoms with Gasteiger partial charge in [-0.25, -0.2) is 0 Å². The quantitative estimate of drug-likeness (QED) is 0.453. The second-order valence-electron chi connectivity index (χ2n) is 5.82. The van der Waals surface area contributed by atoms with Crippen LogP contribution >= 0.6 is 12.2 Å². The highest BCUT2D eigenvalue weighted by Gasteiger charge is 2.19. The van der Waals surface area contributed by atoms with Crippen LogP contribution in [0.15, 0.2) is 72.8 Å². The highest BCUT2D eigenvalue weighted by molar-refractivity contribution is 7.80. The van der Waals surface area contributed by atoms with E-state index in [-0.39, 0.29) is 23.7 Å². The van der Waals surface area contributed by atoms with Gasteiger partial charge in [0.1, 0.15) is 13.2 Å². The van der Waals surface area contributed by atoms with Crippen LogP contribution in [0.5, 0.6) is 17.2 Å². The topological polar surface area (TPSA) is 55.8 Å². The number of phenolic OH excluding ortho intramolecular Hbond substituents is 1. The van der Waals surface area contributed by atoms with E-state index >= 15 is 0 Å². The average molecular weight is 378 g/mol. The molecular weight excluding hydrogens is 360 g/mol. The summed E-state index contributed by atoms with van der Waals surface area (Å²) < 4.78 is 11.6. The van der Waals surface area contributed by atoms with E-state index in [4.69, 9.17) is 21.7 Å². The minimum atomic E-state index is -0.457. The summed E-state index contributed by atoms with van der Waals surface area (Å²) in [6.45, 7) is 0.535. The van der Waals surface area contributed by atoms with Crippen molar-refractivity contribution in [2.75, 3.05) is 0 Å². The standard InChI is InChI=1S/C22H18O4S/c23-19(15-27)18-11-12-20(25-13-16-7-3-1-4-8-16)22(21(18)24)26-14-17-9-5-2-6-10-17/h1-12,15,24H,13-14H2. The van der Waals surface area contributed by atoms with Gasteiger partial charge in [-0.15, -0.1) is 0 Å². The largest absolute Gasteiger partial charge is 0.504 e. The molecule has 0 aliphatic carbocycles. The van der Waals surface area contributed by atoms with Crippen LogP contribution in [0.1, 0.15) is 21.5 Å². The summed E-state index contributed by atoms with van der Waals surface area (Å²) in [6, 6.07) is 22.3. The Balaban J connectivity index is 1.87. The number of ether oxygens (including phenoxy) is 2. The Bertz CT molecular complexity index is 924. The molecule has 27 heavy (non-hydrogen) atoms. The zero-order chi connectivity index (χ0) is 19.1. The van der Waals surface area contributed by atoms with E-state index in [9.17, 15) is 9.90 Å². The van der Waals surface area contributed by atoms with Crippen LogP contribution in [0.25, 0.3) is 0 Å². The number of ketones is 1. The van der Waals surface area contributed by atoms with E-state index in [1.54, 1.807) is 6.07 Å². The Morgan fingerprint density at radius 1 is 0.852 bits per heavy atom. The molecule has 0 saturated carbocycles. The lowest BCUT2D eigenvalue weighted by atomic mass is 10.1. The molecule has 0 atom stereocenters. The van der Waals surface area contributed by atoms with E-state index in [1.165, 1.54) is 6.07 Å². The Morgan fingerprint density at radius 3 is 1.96 bits per heavy atom. The fourth-order valence-electron chi connectivity index (χ4n) is 2.53. The van der Waals surface area contributed by atoms with Crippen LogP contribution in [0.3, 0.4) is 0 Å². The number of thiocarbonyl (C=S) groups is 1. The molecule has 136 valence electrons. The Hall–Kier alpha value is -3.18. The number of carbonyl (C=O) groups excluding carboxylic acids is 1. The number of phenols is 1.